The molecule has 0 aromatic carbocycles. The molecular weight excluding hydrogens is 264 g/mol. The van der Waals surface area contributed by atoms with Gasteiger partial charge in [0.15, 0.2) is 0 Å². The van der Waals surface area contributed by atoms with Crippen molar-refractivity contribution in [3.05, 3.63) is 20.3 Å². The Morgan fingerprint density at radius 1 is 1.57 bits per heavy atom. The third-order valence-corrected chi connectivity index (χ3v) is 4.03. The van der Waals surface area contributed by atoms with Crippen molar-refractivity contribution in [3.63, 3.8) is 0 Å². The van der Waals surface area contributed by atoms with E-state index in [9.17, 15) is 5.11 Å². The van der Waals surface area contributed by atoms with Crippen LogP contribution < -0.4 is 0 Å². The Morgan fingerprint density at radius 3 is 2.64 bits per heavy atom. The number of halogens is 1. The standard InChI is InChI=1S/C10H15BrO2S/c1-6(2)13-5-8(12)9-4-7(3)10(11)14-9/h4,6,8,12H,5H2,1-3H3. The summed E-state index contributed by atoms with van der Waals surface area (Å²) >= 11 is 4.99. The summed E-state index contributed by atoms with van der Waals surface area (Å²) in [5, 5.41) is 9.77. The Balaban J connectivity index is 2.56. The zero-order valence-electron chi connectivity index (χ0n) is 8.58. The Bertz CT molecular complexity index is 277. The minimum atomic E-state index is -0.507. The van der Waals surface area contributed by atoms with Crippen molar-refractivity contribution in [2.24, 2.45) is 0 Å². The number of aliphatic hydroxyl groups is 1. The summed E-state index contributed by atoms with van der Waals surface area (Å²) in [5.74, 6) is 0. The van der Waals surface area contributed by atoms with Crippen molar-refractivity contribution in [3.8, 4) is 0 Å². The maximum Gasteiger partial charge on any atom is 0.111 e. The van der Waals surface area contributed by atoms with E-state index in [1.165, 1.54) is 0 Å². The highest BCUT2D eigenvalue weighted by Gasteiger charge is 2.12. The summed E-state index contributed by atoms with van der Waals surface area (Å²) in [7, 11) is 0. The lowest BCUT2D eigenvalue weighted by atomic mass is 10.2. The van der Waals surface area contributed by atoms with Gasteiger partial charge in [0.2, 0.25) is 0 Å². The lowest BCUT2D eigenvalue weighted by molar-refractivity contribution is 0.00632. The summed E-state index contributed by atoms with van der Waals surface area (Å²) in [4.78, 5) is 0.954. The van der Waals surface area contributed by atoms with Gasteiger partial charge >= 0.3 is 0 Å². The molecule has 1 rings (SSSR count). The van der Waals surface area contributed by atoms with Crippen LogP contribution in [0.1, 0.15) is 30.4 Å². The number of ether oxygens (including phenoxy) is 1. The van der Waals surface area contributed by atoms with Crippen LogP contribution in [-0.4, -0.2) is 17.8 Å². The number of aliphatic hydroxyl groups excluding tert-OH is 1. The molecule has 0 fully saturated rings. The molecule has 0 saturated carbocycles. The molecular formula is C10H15BrO2S. The first-order valence-corrected chi connectivity index (χ1v) is 6.17. The molecule has 0 aliphatic rings. The third kappa shape index (κ3) is 3.35. The Hall–Kier alpha value is 0.100. The normalized spacial score (nSPS) is 13.6. The number of rotatable bonds is 4. The van der Waals surface area contributed by atoms with Crippen molar-refractivity contribution in [1.29, 1.82) is 0 Å². The molecule has 0 spiro atoms. The maximum absolute atomic E-state index is 9.77. The molecule has 0 bridgehead atoms. The fraction of sp³-hybridized carbons (Fsp3) is 0.600. The molecule has 0 aliphatic heterocycles. The van der Waals surface area contributed by atoms with E-state index >= 15 is 0 Å². The van der Waals surface area contributed by atoms with E-state index in [4.69, 9.17) is 4.74 Å². The number of hydrogen-bond donors (Lipinski definition) is 1. The van der Waals surface area contributed by atoms with Crippen LogP contribution in [0.2, 0.25) is 0 Å². The average Bonchev–Trinajstić information content (AvgIpc) is 2.43. The molecule has 1 atom stereocenters. The summed E-state index contributed by atoms with van der Waals surface area (Å²) in [6.07, 6.45) is -0.346. The molecule has 1 heterocycles. The highest BCUT2D eigenvalue weighted by molar-refractivity contribution is 9.11. The second-order valence-electron chi connectivity index (χ2n) is 3.50. The SMILES string of the molecule is Cc1cc(C(O)COC(C)C)sc1Br. The van der Waals surface area contributed by atoms with Gasteiger partial charge in [-0.15, -0.1) is 11.3 Å². The van der Waals surface area contributed by atoms with Gasteiger partial charge in [-0.3, -0.25) is 0 Å². The van der Waals surface area contributed by atoms with Gasteiger partial charge in [-0.25, -0.2) is 0 Å². The Kier molecular flexibility index (Phi) is 4.57. The number of hydrogen-bond acceptors (Lipinski definition) is 3. The fourth-order valence-corrected chi connectivity index (χ4v) is 2.56. The molecule has 0 radical (unpaired) electrons. The summed E-state index contributed by atoms with van der Waals surface area (Å²) in [6.45, 7) is 6.30. The van der Waals surface area contributed by atoms with Crippen molar-refractivity contribution in [2.75, 3.05) is 6.61 Å². The van der Waals surface area contributed by atoms with E-state index < -0.39 is 6.10 Å². The molecule has 0 saturated heterocycles. The average molecular weight is 279 g/mol. The van der Waals surface area contributed by atoms with Gasteiger partial charge in [0.25, 0.3) is 0 Å². The number of thiophene rings is 1. The topological polar surface area (TPSA) is 29.5 Å². The van der Waals surface area contributed by atoms with Gasteiger partial charge in [0.05, 0.1) is 16.5 Å². The quantitative estimate of drug-likeness (QED) is 0.916. The molecule has 14 heavy (non-hydrogen) atoms. The fourth-order valence-electron chi connectivity index (χ4n) is 1.01. The predicted octanol–water partition coefficient (Wildman–Crippen LogP) is 3.28. The smallest absolute Gasteiger partial charge is 0.111 e. The van der Waals surface area contributed by atoms with Gasteiger partial charge in [-0.05, 0) is 48.3 Å². The molecule has 1 N–H and O–H groups in total. The van der Waals surface area contributed by atoms with Gasteiger partial charge in [0, 0.05) is 4.88 Å². The summed E-state index contributed by atoms with van der Waals surface area (Å²) in [6, 6.07) is 1.99. The molecule has 4 heteroatoms. The monoisotopic (exact) mass is 278 g/mol. The first-order chi connectivity index (χ1) is 6.50. The van der Waals surface area contributed by atoms with Crippen molar-refractivity contribution in [2.45, 2.75) is 33.0 Å². The Labute approximate surface area is 97.0 Å². The predicted molar refractivity (Wildman–Crippen MR) is 62.8 cm³/mol. The zero-order valence-corrected chi connectivity index (χ0v) is 11.0. The molecule has 80 valence electrons. The van der Waals surface area contributed by atoms with Gasteiger partial charge < -0.3 is 9.84 Å². The van der Waals surface area contributed by atoms with Gasteiger partial charge in [0.1, 0.15) is 6.10 Å². The minimum absolute atomic E-state index is 0.161. The lowest BCUT2D eigenvalue weighted by Gasteiger charge is -2.11. The molecule has 1 aromatic rings. The highest BCUT2D eigenvalue weighted by atomic mass is 79.9. The maximum atomic E-state index is 9.77. The van der Waals surface area contributed by atoms with Crippen LogP contribution >= 0.6 is 27.3 Å². The van der Waals surface area contributed by atoms with Crippen LogP contribution in [0, 0.1) is 6.92 Å². The van der Waals surface area contributed by atoms with E-state index in [0.29, 0.717) is 6.61 Å². The first-order valence-electron chi connectivity index (χ1n) is 4.56. The van der Waals surface area contributed by atoms with Crippen molar-refractivity contribution in [1.82, 2.24) is 0 Å². The second kappa shape index (κ2) is 5.26. The van der Waals surface area contributed by atoms with E-state index in [2.05, 4.69) is 15.9 Å². The van der Waals surface area contributed by atoms with Crippen molar-refractivity contribution >= 4 is 27.3 Å². The van der Waals surface area contributed by atoms with E-state index in [0.717, 1.165) is 14.2 Å². The largest absolute Gasteiger partial charge is 0.385 e. The second-order valence-corrected chi connectivity index (χ2v) is 5.91. The van der Waals surface area contributed by atoms with Gasteiger partial charge in [-0.2, -0.15) is 0 Å². The molecule has 0 aliphatic carbocycles. The summed E-state index contributed by atoms with van der Waals surface area (Å²) < 4.78 is 6.43. The first kappa shape index (κ1) is 12.2. The lowest BCUT2D eigenvalue weighted by Crippen LogP contribution is -2.10. The molecule has 0 amide bonds. The van der Waals surface area contributed by atoms with Crippen LogP contribution in [0.15, 0.2) is 9.85 Å². The summed E-state index contributed by atoms with van der Waals surface area (Å²) in [5.41, 5.74) is 1.16. The molecule has 1 aromatic heterocycles. The van der Waals surface area contributed by atoms with Crippen LogP contribution in [0.4, 0.5) is 0 Å². The molecule has 2 nitrogen and oxygen atoms in total. The zero-order chi connectivity index (χ0) is 10.7. The Morgan fingerprint density at radius 2 is 2.21 bits per heavy atom. The van der Waals surface area contributed by atoms with Crippen LogP contribution in [-0.2, 0) is 4.74 Å². The highest BCUT2D eigenvalue weighted by Crippen LogP contribution is 2.31. The molecule has 1 unspecified atom stereocenters. The van der Waals surface area contributed by atoms with Crippen LogP contribution in [0.25, 0.3) is 0 Å². The van der Waals surface area contributed by atoms with Crippen LogP contribution in [0.3, 0.4) is 0 Å². The van der Waals surface area contributed by atoms with E-state index in [-0.39, 0.29) is 6.10 Å². The minimum Gasteiger partial charge on any atom is -0.385 e. The van der Waals surface area contributed by atoms with E-state index in [1.54, 1.807) is 11.3 Å². The number of aryl methyl sites for hydroxylation is 1. The van der Waals surface area contributed by atoms with Crippen LogP contribution in [0.5, 0.6) is 0 Å². The van der Waals surface area contributed by atoms with E-state index in [1.807, 2.05) is 26.8 Å². The third-order valence-electron chi connectivity index (χ3n) is 1.79. The van der Waals surface area contributed by atoms with Gasteiger partial charge in [-0.1, -0.05) is 0 Å². The van der Waals surface area contributed by atoms with Crippen molar-refractivity contribution < 1.29 is 9.84 Å².